The van der Waals surface area contributed by atoms with Crippen LogP contribution in [-0.4, -0.2) is 54.9 Å². The van der Waals surface area contributed by atoms with Crippen LogP contribution in [0.5, 0.6) is 0 Å². The third-order valence-corrected chi connectivity index (χ3v) is 11.6. The molecule has 0 spiro atoms. The Kier molecular flexibility index (Phi) is 6.41. The summed E-state index contributed by atoms with van der Waals surface area (Å²) >= 11 is 0. The van der Waals surface area contributed by atoms with Crippen LogP contribution in [0.1, 0.15) is 0 Å². The van der Waals surface area contributed by atoms with E-state index in [0.717, 1.165) is 11.2 Å². The smallest absolute Gasteiger partial charge is 0.143 e. The van der Waals surface area contributed by atoms with Crippen molar-refractivity contribution in [1.82, 2.24) is 0 Å². The summed E-state index contributed by atoms with van der Waals surface area (Å²) < 4.78 is 6.81. The molecule has 48 heavy (non-hydrogen) atoms. The first-order valence-corrected chi connectivity index (χ1v) is 17.0. The molecule has 0 N–H and O–H groups in total. The fourth-order valence-corrected chi connectivity index (χ4v) is 8.68. The molecule has 0 fully saturated rings. The van der Waals surface area contributed by atoms with E-state index in [2.05, 4.69) is 158 Å². The molecule has 0 bridgehead atoms. The Labute approximate surface area is 286 Å². The van der Waals surface area contributed by atoms with Crippen LogP contribution in [0, 0.1) is 0 Å². The molecule has 218 valence electrons. The standard InChI is InChI=1S/C40H31B7O/c41-32-29(33(42)37(46)39-30(32)31-34(43)35(44)36(45)38(47)40(31)48-39)28-24-15-7-5-13-22(24)27(23-14-6-8-16-25(23)28)26-17-18-9-1-2-10-19(18)20-11-3-4-12-21(20)26/h1-17H,41-47H2. The molecule has 1 heterocycles. The molecule has 0 unspecified atom stereocenters. The molecule has 0 radical (unpaired) electrons. The van der Waals surface area contributed by atoms with E-state index in [1.165, 1.54) is 114 Å². The summed E-state index contributed by atoms with van der Waals surface area (Å²) in [5.41, 5.74) is 16.3. The molecule has 0 atom stereocenters. The largest absolute Gasteiger partial charge is 0.457 e. The van der Waals surface area contributed by atoms with Gasteiger partial charge in [-0.1, -0.05) is 130 Å². The average molecular weight is 603 g/mol. The normalized spacial score (nSPS) is 11.9. The zero-order valence-corrected chi connectivity index (χ0v) is 28.7. The van der Waals surface area contributed by atoms with Crippen molar-refractivity contribution in [2.24, 2.45) is 0 Å². The molecule has 0 amide bonds. The van der Waals surface area contributed by atoms with Gasteiger partial charge in [-0.15, -0.1) is 5.46 Å². The van der Waals surface area contributed by atoms with Crippen molar-refractivity contribution in [3.63, 3.8) is 0 Å². The molecule has 1 nitrogen and oxygen atoms in total. The second kappa shape index (κ2) is 10.5. The molecule has 9 aromatic rings. The van der Waals surface area contributed by atoms with E-state index >= 15 is 0 Å². The van der Waals surface area contributed by atoms with Crippen molar-refractivity contribution in [3.05, 3.63) is 103 Å². The zero-order chi connectivity index (χ0) is 33.0. The lowest BCUT2D eigenvalue weighted by molar-refractivity contribution is 0.675. The Morgan fingerprint density at radius 1 is 0.333 bits per heavy atom. The van der Waals surface area contributed by atoms with E-state index in [1.807, 2.05) is 0 Å². The number of rotatable bonds is 2. The highest BCUT2D eigenvalue weighted by atomic mass is 16.3. The Morgan fingerprint density at radius 2 is 0.771 bits per heavy atom. The number of benzene rings is 8. The number of hydrogen-bond donors (Lipinski definition) is 0. The van der Waals surface area contributed by atoms with E-state index in [-0.39, 0.29) is 0 Å². The third kappa shape index (κ3) is 3.83. The topological polar surface area (TPSA) is 13.1 Å². The minimum atomic E-state index is 1.02. The van der Waals surface area contributed by atoms with E-state index in [0.29, 0.717) is 0 Å². The second-order valence-electron chi connectivity index (χ2n) is 13.8. The van der Waals surface area contributed by atoms with Gasteiger partial charge in [0.15, 0.2) is 0 Å². The van der Waals surface area contributed by atoms with Gasteiger partial charge in [0.2, 0.25) is 0 Å². The van der Waals surface area contributed by atoms with Gasteiger partial charge in [0.25, 0.3) is 0 Å². The molecule has 0 aliphatic carbocycles. The maximum absolute atomic E-state index is 6.81. The molecule has 0 aliphatic heterocycles. The van der Waals surface area contributed by atoms with Crippen molar-refractivity contribution in [1.29, 1.82) is 0 Å². The molecule has 0 saturated heterocycles. The van der Waals surface area contributed by atoms with Crippen LogP contribution in [0.2, 0.25) is 0 Å². The molecule has 0 saturated carbocycles. The molecule has 0 aliphatic rings. The number of fused-ring (bicyclic) bond motifs is 8. The first-order chi connectivity index (χ1) is 23.3. The first kappa shape index (κ1) is 29.2. The molecule has 8 heteroatoms. The zero-order valence-electron chi connectivity index (χ0n) is 28.7. The van der Waals surface area contributed by atoms with Crippen LogP contribution in [0.25, 0.3) is 87.3 Å². The van der Waals surface area contributed by atoms with Crippen LogP contribution in [0.15, 0.2) is 108 Å². The fraction of sp³-hybridized carbons (Fsp3) is 0. The van der Waals surface area contributed by atoms with Crippen molar-refractivity contribution in [2.75, 3.05) is 0 Å². The van der Waals surface area contributed by atoms with Crippen LogP contribution < -0.4 is 38.2 Å². The highest BCUT2D eigenvalue weighted by Crippen LogP contribution is 2.46. The Hall–Kier alpha value is -4.95. The van der Waals surface area contributed by atoms with Crippen LogP contribution in [0.4, 0.5) is 0 Å². The summed E-state index contributed by atoms with van der Waals surface area (Å²) in [7, 11) is 15.8. The van der Waals surface area contributed by atoms with Crippen molar-refractivity contribution >= 4 is 158 Å². The van der Waals surface area contributed by atoms with Gasteiger partial charge in [-0.3, -0.25) is 0 Å². The van der Waals surface area contributed by atoms with Gasteiger partial charge in [-0.25, -0.2) is 0 Å². The lowest BCUT2D eigenvalue weighted by atomic mass is 9.64. The average Bonchev–Trinajstić information content (AvgIpc) is 3.53. The van der Waals surface area contributed by atoms with Crippen molar-refractivity contribution in [2.45, 2.75) is 0 Å². The van der Waals surface area contributed by atoms with Crippen molar-refractivity contribution < 1.29 is 4.42 Å². The van der Waals surface area contributed by atoms with E-state index < -0.39 is 0 Å². The SMILES string of the molecule is Bc1c(B)c(B)c2c(oc3c(B)c(B)c(-c4c5ccccc5c(-c5cc6ccccc6c6ccccc56)c5ccccc45)c(B)c32)c1B. The molecular formula is C40H31B7O. The summed E-state index contributed by atoms with van der Waals surface area (Å²) in [6.45, 7) is 0. The van der Waals surface area contributed by atoms with E-state index in [4.69, 9.17) is 4.42 Å². The summed E-state index contributed by atoms with van der Waals surface area (Å²) in [6.07, 6.45) is 0. The third-order valence-electron chi connectivity index (χ3n) is 11.6. The van der Waals surface area contributed by atoms with Gasteiger partial charge in [-0.05, 0) is 71.4 Å². The first-order valence-electron chi connectivity index (χ1n) is 17.0. The maximum Gasteiger partial charge on any atom is 0.143 e. The predicted octanol–water partition coefficient (Wildman–Crippen LogP) is -0.658. The highest BCUT2D eigenvalue weighted by molar-refractivity contribution is 6.69. The monoisotopic (exact) mass is 604 g/mol. The highest BCUT2D eigenvalue weighted by Gasteiger charge is 2.25. The Bertz CT molecular complexity index is 2810. The predicted molar refractivity (Wildman–Crippen MR) is 232 cm³/mol. The summed E-state index contributed by atoms with van der Waals surface area (Å²) in [5, 5.41) is 12.8. The Balaban J connectivity index is 1.48. The Morgan fingerprint density at radius 3 is 1.38 bits per heavy atom. The quantitative estimate of drug-likeness (QED) is 0.146. The van der Waals surface area contributed by atoms with Gasteiger partial charge >= 0.3 is 0 Å². The van der Waals surface area contributed by atoms with Gasteiger partial charge in [0, 0.05) is 10.8 Å². The minimum absolute atomic E-state index is 1.02. The summed E-state index contributed by atoms with van der Waals surface area (Å²) in [4.78, 5) is 0. The van der Waals surface area contributed by atoms with E-state index in [1.54, 1.807) is 0 Å². The molecule has 8 aromatic carbocycles. The summed E-state index contributed by atoms with van der Waals surface area (Å²) in [5.74, 6) is 0. The summed E-state index contributed by atoms with van der Waals surface area (Å²) in [6, 6.07) is 38.2. The minimum Gasteiger partial charge on any atom is -0.457 e. The van der Waals surface area contributed by atoms with Gasteiger partial charge < -0.3 is 4.42 Å². The molecular weight excluding hydrogens is 572 g/mol. The molecule has 1 aromatic heterocycles. The second-order valence-corrected chi connectivity index (χ2v) is 13.8. The van der Waals surface area contributed by atoms with Crippen LogP contribution >= 0.6 is 0 Å². The van der Waals surface area contributed by atoms with Crippen LogP contribution in [0.3, 0.4) is 0 Å². The fourth-order valence-electron chi connectivity index (χ4n) is 8.68. The number of furan rings is 1. The van der Waals surface area contributed by atoms with E-state index in [9.17, 15) is 0 Å². The van der Waals surface area contributed by atoms with Gasteiger partial charge in [-0.2, -0.15) is 0 Å². The lowest BCUT2D eigenvalue weighted by Crippen LogP contribution is -2.47. The van der Waals surface area contributed by atoms with Crippen LogP contribution in [-0.2, 0) is 0 Å². The lowest BCUT2D eigenvalue weighted by Gasteiger charge is -2.23. The van der Waals surface area contributed by atoms with Crippen molar-refractivity contribution in [3.8, 4) is 22.3 Å². The van der Waals surface area contributed by atoms with Gasteiger partial charge in [0.1, 0.15) is 66.1 Å². The van der Waals surface area contributed by atoms with Gasteiger partial charge in [0.05, 0.1) is 0 Å². The number of hydrogen-bond acceptors (Lipinski definition) is 1. The maximum atomic E-state index is 6.81. The molecule has 9 rings (SSSR count).